The van der Waals surface area contributed by atoms with Crippen LogP contribution in [0.1, 0.15) is 54.3 Å². The fourth-order valence-electron chi connectivity index (χ4n) is 4.34. The largest absolute Gasteiger partial charge is 0.433 e. The number of anilines is 1. The third kappa shape index (κ3) is 5.26. The molecule has 0 bridgehead atoms. The Morgan fingerprint density at radius 2 is 1.84 bits per heavy atom. The van der Waals surface area contributed by atoms with Gasteiger partial charge in [0.25, 0.3) is 11.5 Å². The first-order valence-corrected chi connectivity index (χ1v) is 11.6. The second kappa shape index (κ2) is 9.69. The van der Waals surface area contributed by atoms with Crippen LogP contribution >= 0.6 is 0 Å². The minimum atomic E-state index is -4.86. The van der Waals surface area contributed by atoms with Crippen LogP contribution in [0.15, 0.2) is 23.1 Å². The Bertz CT molecular complexity index is 1410. The molecule has 1 saturated heterocycles. The van der Waals surface area contributed by atoms with Gasteiger partial charge in [0.05, 0.1) is 29.2 Å². The maximum absolute atomic E-state index is 14.9. The predicted octanol–water partition coefficient (Wildman–Crippen LogP) is 3.61. The maximum atomic E-state index is 14.9. The number of nitrogens with zero attached hydrogens (tertiary/aromatic N) is 5. The van der Waals surface area contributed by atoms with E-state index in [1.165, 1.54) is 30.4 Å². The van der Waals surface area contributed by atoms with Gasteiger partial charge in [-0.15, -0.1) is 0 Å². The van der Waals surface area contributed by atoms with Crippen LogP contribution < -0.4 is 10.9 Å². The van der Waals surface area contributed by atoms with E-state index >= 15 is 0 Å². The third-order valence-electron chi connectivity index (χ3n) is 6.20. The smallest absolute Gasteiger partial charge is 0.372 e. The number of carbonyl (C=O) groups excluding carboxylic acids is 1. The number of hydrogen-bond donors (Lipinski definition) is 1. The zero-order chi connectivity index (χ0) is 27.2. The van der Waals surface area contributed by atoms with Crippen LogP contribution in [-0.2, 0) is 18.0 Å². The van der Waals surface area contributed by atoms with Gasteiger partial charge in [-0.2, -0.15) is 13.2 Å². The van der Waals surface area contributed by atoms with Gasteiger partial charge in [0.1, 0.15) is 5.82 Å². The Kier molecular flexibility index (Phi) is 6.93. The van der Waals surface area contributed by atoms with Crippen LogP contribution in [0.4, 0.5) is 23.4 Å². The van der Waals surface area contributed by atoms with Crippen molar-refractivity contribution in [3.63, 3.8) is 0 Å². The molecule has 0 radical (unpaired) electrons. The molecule has 1 aliphatic heterocycles. The molecule has 0 unspecified atom stereocenters. The SMILES string of the molecule is Cc1nc2nc(C(F)(F)F)c([C@H](C)Nc3ncc(C(=O)N4C[C@@H](C)O[C@@H](C)C4)cc3F)cc2c(=O)n1C. The average molecular weight is 523 g/mol. The Balaban J connectivity index is 1.65. The zero-order valence-electron chi connectivity index (χ0n) is 20.9. The van der Waals surface area contributed by atoms with Gasteiger partial charge in [-0.1, -0.05) is 0 Å². The van der Waals surface area contributed by atoms with Gasteiger partial charge < -0.3 is 15.0 Å². The molecule has 198 valence electrons. The molecule has 4 rings (SSSR count). The lowest BCUT2D eigenvalue weighted by Crippen LogP contribution is -2.48. The summed E-state index contributed by atoms with van der Waals surface area (Å²) in [6, 6.07) is 0.902. The van der Waals surface area contributed by atoms with Crippen LogP contribution in [0.25, 0.3) is 11.0 Å². The van der Waals surface area contributed by atoms with Crippen molar-refractivity contribution in [2.24, 2.45) is 7.05 Å². The summed E-state index contributed by atoms with van der Waals surface area (Å²) in [5.41, 5.74) is -2.51. The minimum Gasteiger partial charge on any atom is -0.372 e. The van der Waals surface area contributed by atoms with Crippen molar-refractivity contribution in [2.45, 2.75) is 52.1 Å². The van der Waals surface area contributed by atoms with E-state index in [1.807, 2.05) is 13.8 Å². The fraction of sp³-hybridized carbons (Fsp3) is 0.458. The first-order chi connectivity index (χ1) is 17.3. The molecule has 1 aliphatic rings. The van der Waals surface area contributed by atoms with Crippen LogP contribution in [0.5, 0.6) is 0 Å². The topological polar surface area (TPSA) is 102 Å². The average Bonchev–Trinajstić information content (AvgIpc) is 2.81. The molecule has 0 spiro atoms. The van der Waals surface area contributed by atoms with E-state index in [2.05, 4.69) is 20.3 Å². The lowest BCUT2D eigenvalue weighted by atomic mass is 10.0. The highest BCUT2D eigenvalue weighted by molar-refractivity contribution is 5.94. The number of rotatable bonds is 4. The van der Waals surface area contributed by atoms with E-state index in [9.17, 15) is 27.2 Å². The van der Waals surface area contributed by atoms with E-state index < -0.39 is 35.2 Å². The summed E-state index contributed by atoms with van der Waals surface area (Å²) in [5.74, 6) is -1.48. The molecular formula is C24H26F4N6O3. The molecule has 3 aromatic heterocycles. The summed E-state index contributed by atoms with van der Waals surface area (Å²) in [6.07, 6.45) is -4.05. The number of ether oxygens (including phenoxy) is 1. The quantitative estimate of drug-likeness (QED) is 0.523. The molecule has 1 N–H and O–H groups in total. The molecule has 13 heteroatoms. The molecule has 3 aromatic rings. The molecule has 1 fully saturated rings. The number of fused-ring (bicyclic) bond motifs is 1. The number of hydrogen-bond acceptors (Lipinski definition) is 7. The van der Waals surface area contributed by atoms with E-state index in [4.69, 9.17) is 4.74 Å². The van der Waals surface area contributed by atoms with E-state index in [0.29, 0.717) is 13.1 Å². The highest BCUT2D eigenvalue weighted by atomic mass is 19.4. The van der Waals surface area contributed by atoms with Crippen molar-refractivity contribution < 1.29 is 27.1 Å². The molecule has 0 saturated carbocycles. The van der Waals surface area contributed by atoms with Crippen molar-refractivity contribution in [1.82, 2.24) is 24.4 Å². The molecule has 1 amide bonds. The highest BCUT2D eigenvalue weighted by Gasteiger charge is 2.38. The first-order valence-electron chi connectivity index (χ1n) is 11.6. The minimum absolute atomic E-state index is 0.00490. The van der Waals surface area contributed by atoms with Crippen LogP contribution in [0.3, 0.4) is 0 Å². The van der Waals surface area contributed by atoms with Crippen LogP contribution in [0, 0.1) is 12.7 Å². The van der Waals surface area contributed by atoms with Gasteiger partial charge >= 0.3 is 6.18 Å². The molecule has 37 heavy (non-hydrogen) atoms. The monoisotopic (exact) mass is 522 g/mol. The summed E-state index contributed by atoms with van der Waals surface area (Å²) >= 11 is 0. The number of alkyl halides is 3. The molecule has 0 aromatic carbocycles. The van der Waals surface area contributed by atoms with Crippen LogP contribution in [0.2, 0.25) is 0 Å². The predicted molar refractivity (Wildman–Crippen MR) is 127 cm³/mol. The number of aromatic nitrogens is 4. The Morgan fingerprint density at radius 1 is 1.19 bits per heavy atom. The Morgan fingerprint density at radius 3 is 2.43 bits per heavy atom. The zero-order valence-corrected chi connectivity index (χ0v) is 20.9. The van der Waals surface area contributed by atoms with E-state index in [-0.39, 0.29) is 46.0 Å². The molecule has 4 heterocycles. The van der Waals surface area contributed by atoms with Gasteiger partial charge in [-0.05, 0) is 39.8 Å². The summed E-state index contributed by atoms with van der Waals surface area (Å²) < 4.78 is 63.3. The van der Waals surface area contributed by atoms with Crippen molar-refractivity contribution in [1.29, 1.82) is 0 Å². The number of halogens is 4. The third-order valence-corrected chi connectivity index (χ3v) is 6.20. The Labute approximate surface area is 209 Å². The lowest BCUT2D eigenvalue weighted by Gasteiger charge is -2.35. The van der Waals surface area contributed by atoms with E-state index in [1.54, 1.807) is 0 Å². The number of nitrogens with one attached hydrogen (secondary N) is 1. The lowest BCUT2D eigenvalue weighted by molar-refractivity contribution is -0.141. The standard InChI is InChI=1S/C24H26F4N6O3/c1-11-9-34(10-12(2)37-11)22(35)15-6-18(25)21(29-8-15)30-13(3)16-7-17-20(32-19(16)24(26,27)28)31-14(4)33(5)23(17)36/h6-8,11-13H,9-10H2,1-5H3,(H,29,30)/t11-,12+,13-/m0/s1. The highest BCUT2D eigenvalue weighted by Crippen LogP contribution is 2.35. The number of aryl methyl sites for hydroxylation is 1. The first kappa shape index (κ1) is 26.5. The number of pyridine rings is 2. The van der Waals surface area contributed by atoms with Gasteiger partial charge in [-0.25, -0.2) is 19.3 Å². The van der Waals surface area contributed by atoms with Crippen molar-refractivity contribution in [2.75, 3.05) is 18.4 Å². The van der Waals surface area contributed by atoms with Crippen molar-refractivity contribution >= 4 is 22.8 Å². The molecule has 3 atom stereocenters. The molecule has 9 nitrogen and oxygen atoms in total. The second-order valence-corrected chi connectivity index (χ2v) is 9.21. The van der Waals surface area contributed by atoms with Gasteiger partial charge in [-0.3, -0.25) is 14.2 Å². The van der Waals surface area contributed by atoms with Gasteiger partial charge in [0.15, 0.2) is 23.0 Å². The summed E-state index contributed by atoms with van der Waals surface area (Å²) in [7, 11) is 1.45. The number of amides is 1. The van der Waals surface area contributed by atoms with Crippen LogP contribution in [-0.4, -0.2) is 55.6 Å². The second-order valence-electron chi connectivity index (χ2n) is 9.21. The summed E-state index contributed by atoms with van der Waals surface area (Å²) in [5, 5.41) is 2.51. The number of morpholine rings is 1. The maximum Gasteiger partial charge on any atom is 0.433 e. The number of carbonyl (C=O) groups is 1. The Hall–Kier alpha value is -3.61. The molecular weight excluding hydrogens is 496 g/mol. The van der Waals surface area contributed by atoms with Crippen molar-refractivity contribution in [3.8, 4) is 0 Å². The fourth-order valence-corrected chi connectivity index (χ4v) is 4.34. The van der Waals surface area contributed by atoms with E-state index in [0.717, 1.165) is 18.3 Å². The van der Waals surface area contributed by atoms with Gasteiger partial charge in [0.2, 0.25) is 0 Å². The normalized spacial score (nSPS) is 19.2. The van der Waals surface area contributed by atoms with Gasteiger partial charge in [0, 0.05) is 31.9 Å². The summed E-state index contributed by atoms with van der Waals surface area (Å²) in [4.78, 5) is 38.6. The summed E-state index contributed by atoms with van der Waals surface area (Å²) in [6.45, 7) is 7.17. The molecule has 0 aliphatic carbocycles. The van der Waals surface area contributed by atoms with Crippen molar-refractivity contribution in [3.05, 3.63) is 57.1 Å².